The zero-order valence-corrected chi connectivity index (χ0v) is 23.0. The molecule has 0 saturated carbocycles. The molecular formula is C37H27N3O. The molecule has 7 aromatic rings. The number of para-hydroxylation sites is 2. The highest BCUT2D eigenvalue weighted by Crippen LogP contribution is 2.54. The van der Waals surface area contributed by atoms with Crippen molar-refractivity contribution in [1.82, 2.24) is 14.5 Å². The number of nitrogens with zero attached hydrogens (tertiary/aromatic N) is 3. The normalized spacial score (nSPS) is 15.9. The molecule has 2 aliphatic carbocycles. The number of furan rings is 1. The van der Waals surface area contributed by atoms with Crippen LogP contribution < -0.4 is 0 Å². The van der Waals surface area contributed by atoms with E-state index >= 15 is 0 Å². The number of hydrogen-bond donors (Lipinski definition) is 0. The Balaban J connectivity index is 1.38. The summed E-state index contributed by atoms with van der Waals surface area (Å²) in [6, 6.07) is 31.7. The predicted octanol–water partition coefficient (Wildman–Crippen LogP) is 9.53. The van der Waals surface area contributed by atoms with Crippen LogP contribution in [0, 0.1) is 0 Å². The van der Waals surface area contributed by atoms with Gasteiger partial charge in [-0.25, -0.2) is 9.97 Å². The number of hydrogen-bond acceptors (Lipinski definition) is 3. The molecule has 0 aliphatic heterocycles. The molecule has 196 valence electrons. The largest absolute Gasteiger partial charge is 0.455 e. The van der Waals surface area contributed by atoms with Crippen LogP contribution in [0.25, 0.3) is 66.5 Å². The van der Waals surface area contributed by atoms with Gasteiger partial charge in [0.2, 0.25) is 5.95 Å². The molecular weight excluding hydrogens is 502 g/mol. The van der Waals surface area contributed by atoms with Crippen LogP contribution >= 0.6 is 0 Å². The zero-order chi connectivity index (χ0) is 27.3. The summed E-state index contributed by atoms with van der Waals surface area (Å²) in [4.78, 5) is 10.3. The second-order valence-electron chi connectivity index (χ2n) is 11.7. The first-order valence-corrected chi connectivity index (χ1v) is 14.3. The maximum absolute atomic E-state index is 6.90. The molecule has 0 saturated heterocycles. The minimum atomic E-state index is -0.0923. The quantitative estimate of drug-likeness (QED) is 0.224. The van der Waals surface area contributed by atoms with E-state index < -0.39 is 0 Å². The van der Waals surface area contributed by atoms with Gasteiger partial charge in [-0.05, 0) is 48.3 Å². The molecule has 2 aliphatic rings. The van der Waals surface area contributed by atoms with Crippen molar-refractivity contribution < 1.29 is 4.42 Å². The fraction of sp³-hybridized carbons (Fsp3) is 0.135. The maximum atomic E-state index is 6.90. The number of benzene rings is 4. The lowest BCUT2D eigenvalue weighted by molar-refractivity contribution is 0.586. The van der Waals surface area contributed by atoms with Gasteiger partial charge < -0.3 is 4.42 Å². The van der Waals surface area contributed by atoms with Gasteiger partial charge in [0, 0.05) is 32.7 Å². The van der Waals surface area contributed by atoms with Crippen molar-refractivity contribution in [2.45, 2.75) is 32.1 Å². The minimum Gasteiger partial charge on any atom is -0.455 e. The van der Waals surface area contributed by atoms with E-state index in [0.29, 0.717) is 5.95 Å². The molecule has 0 N–H and O–H groups in total. The number of rotatable bonds is 2. The molecule has 9 rings (SSSR count). The molecule has 0 atom stereocenters. The molecule has 4 nitrogen and oxygen atoms in total. The van der Waals surface area contributed by atoms with Crippen LogP contribution in [0.3, 0.4) is 0 Å². The SMILES string of the molecule is CC1(C)C2=C(CCC=C2)c2oc3c(ccc4c3c3ccccc3n4-c3nc(-c4ccccc4)c4ccccc4n3)c21. The van der Waals surface area contributed by atoms with Gasteiger partial charge in [0.25, 0.3) is 0 Å². The van der Waals surface area contributed by atoms with E-state index in [0.717, 1.165) is 68.2 Å². The van der Waals surface area contributed by atoms with E-state index in [4.69, 9.17) is 14.4 Å². The van der Waals surface area contributed by atoms with Crippen molar-refractivity contribution in [1.29, 1.82) is 0 Å². The monoisotopic (exact) mass is 529 g/mol. The second kappa shape index (κ2) is 8.05. The lowest BCUT2D eigenvalue weighted by atomic mass is 9.79. The second-order valence-corrected chi connectivity index (χ2v) is 11.7. The first-order valence-electron chi connectivity index (χ1n) is 14.3. The number of allylic oxidation sites excluding steroid dienone is 4. The van der Waals surface area contributed by atoms with Crippen LogP contribution in [0.1, 0.15) is 38.0 Å². The zero-order valence-electron chi connectivity index (χ0n) is 23.0. The molecule has 0 bridgehead atoms. The topological polar surface area (TPSA) is 43.9 Å². The third kappa shape index (κ3) is 2.99. The van der Waals surface area contributed by atoms with Crippen LogP contribution in [0.2, 0.25) is 0 Å². The molecule has 3 heterocycles. The summed E-state index contributed by atoms with van der Waals surface area (Å²) in [5.74, 6) is 1.73. The Morgan fingerprint density at radius 1 is 0.756 bits per heavy atom. The Hall–Kier alpha value is -4.96. The van der Waals surface area contributed by atoms with Crippen molar-refractivity contribution in [3.05, 3.63) is 120 Å². The molecule has 4 aromatic carbocycles. The van der Waals surface area contributed by atoms with Gasteiger partial charge in [0.05, 0.1) is 27.6 Å². The summed E-state index contributed by atoms with van der Waals surface area (Å²) in [6.45, 7) is 4.67. The Bertz CT molecular complexity index is 2280. The molecule has 0 unspecified atom stereocenters. The molecule has 3 aromatic heterocycles. The van der Waals surface area contributed by atoms with Gasteiger partial charge in [-0.2, -0.15) is 0 Å². The number of aromatic nitrogens is 3. The van der Waals surface area contributed by atoms with Crippen molar-refractivity contribution in [3.63, 3.8) is 0 Å². The molecule has 4 heteroatoms. The average Bonchev–Trinajstić information content (AvgIpc) is 3.64. The summed E-state index contributed by atoms with van der Waals surface area (Å²) < 4.78 is 9.11. The fourth-order valence-corrected chi connectivity index (χ4v) is 7.26. The van der Waals surface area contributed by atoms with E-state index in [1.165, 1.54) is 22.1 Å². The van der Waals surface area contributed by atoms with E-state index in [9.17, 15) is 0 Å². The highest BCUT2D eigenvalue weighted by atomic mass is 16.3. The van der Waals surface area contributed by atoms with Crippen LogP contribution in [-0.2, 0) is 5.41 Å². The average molecular weight is 530 g/mol. The first-order chi connectivity index (χ1) is 20.1. The van der Waals surface area contributed by atoms with Gasteiger partial charge in [-0.3, -0.25) is 4.57 Å². The van der Waals surface area contributed by atoms with Gasteiger partial charge >= 0.3 is 0 Å². The molecule has 0 fully saturated rings. The van der Waals surface area contributed by atoms with Crippen LogP contribution in [-0.4, -0.2) is 14.5 Å². The van der Waals surface area contributed by atoms with E-state index in [1.54, 1.807) is 0 Å². The Labute approximate surface area is 237 Å². The van der Waals surface area contributed by atoms with E-state index in [2.05, 4.69) is 109 Å². The Kier molecular flexibility index (Phi) is 4.48. The summed E-state index contributed by atoms with van der Waals surface area (Å²) >= 11 is 0. The van der Waals surface area contributed by atoms with Gasteiger partial charge in [-0.1, -0.05) is 92.7 Å². The molecule has 0 amide bonds. The summed E-state index contributed by atoms with van der Waals surface area (Å²) in [5, 5.41) is 4.51. The fourth-order valence-electron chi connectivity index (χ4n) is 7.26. The molecule has 0 radical (unpaired) electrons. The summed E-state index contributed by atoms with van der Waals surface area (Å²) in [7, 11) is 0. The summed E-state index contributed by atoms with van der Waals surface area (Å²) in [6.07, 6.45) is 6.70. The Morgan fingerprint density at radius 3 is 2.41 bits per heavy atom. The van der Waals surface area contributed by atoms with Gasteiger partial charge in [0.1, 0.15) is 11.3 Å². The lowest BCUT2D eigenvalue weighted by Crippen LogP contribution is -2.16. The summed E-state index contributed by atoms with van der Waals surface area (Å²) in [5.41, 5.74) is 10.0. The maximum Gasteiger partial charge on any atom is 0.235 e. The van der Waals surface area contributed by atoms with Crippen LogP contribution in [0.5, 0.6) is 0 Å². The number of fused-ring (bicyclic) bond motifs is 9. The van der Waals surface area contributed by atoms with Crippen LogP contribution in [0.4, 0.5) is 0 Å². The predicted molar refractivity (Wildman–Crippen MR) is 167 cm³/mol. The highest BCUT2D eigenvalue weighted by Gasteiger charge is 2.42. The third-order valence-corrected chi connectivity index (χ3v) is 9.07. The lowest BCUT2D eigenvalue weighted by Gasteiger charge is -2.23. The first kappa shape index (κ1) is 22.8. The molecule has 0 spiro atoms. The van der Waals surface area contributed by atoms with Crippen molar-refractivity contribution in [3.8, 4) is 17.2 Å². The van der Waals surface area contributed by atoms with E-state index in [1.807, 2.05) is 12.1 Å². The van der Waals surface area contributed by atoms with Crippen molar-refractivity contribution in [2.24, 2.45) is 0 Å². The van der Waals surface area contributed by atoms with Gasteiger partial charge in [0.15, 0.2) is 0 Å². The Morgan fingerprint density at radius 2 is 1.54 bits per heavy atom. The van der Waals surface area contributed by atoms with E-state index in [-0.39, 0.29) is 5.41 Å². The standard InChI is InChI=1S/C37H27N3O/c1-37(2)27-17-9-6-14-23(27)35-32(37)26-20-21-30-31(34(26)41-35)25-16-8-11-19-29(25)40(30)36-38-28-18-10-7-15-24(28)33(39-36)22-12-4-3-5-13-22/h3-5,7-13,15-21H,6,14H2,1-2H3. The minimum absolute atomic E-state index is 0.0923. The van der Waals surface area contributed by atoms with Crippen molar-refractivity contribution >= 4 is 49.3 Å². The van der Waals surface area contributed by atoms with Crippen molar-refractivity contribution in [2.75, 3.05) is 0 Å². The highest BCUT2D eigenvalue weighted by molar-refractivity contribution is 6.20. The van der Waals surface area contributed by atoms with Crippen LogP contribution in [0.15, 0.2) is 113 Å². The molecule has 41 heavy (non-hydrogen) atoms. The van der Waals surface area contributed by atoms with Gasteiger partial charge in [-0.15, -0.1) is 0 Å². The third-order valence-electron chi connectivity index (χ3n) is 9.07. The smallest absolute Gasteiger partial charge is 0.235 e.